The molecule has 2 aromatic heterocycles. The second-order valence-corrected chi connectivity index (χ2v) is 8.01. The molecule has 0 saturated heterocycles. The van der Waals surface area contributed by atoms with Crippen LogP contribution in [0.15, 0.2) is 17.2 Å². The summed E-state index contributed by atoms with van der Waals surface area (Å²) in [5.41, 5.74) is 14.1. The zero-order valence-electron chi connectivity index (χ0n) is 18.7. The van der Waals surface area contributed by atoms with Crippen LogP contribution in [0.4, 0.5) is 0 Å². The van der Waals surface area contributed by atoms with Crippen molar-refractivity contribution in [3.63, 3.8) is 0 Å². The van der Waals surface area contributed by atoms with E-state index >= 15 is 0 Å². The molecule has 2 heterocycles. The van der Waals surface area contributed by atoms with Gasteiger partial charge in [-0.15, -0.1) is 0 Å². The molecule has 0 unspecified atom stereocenters. The number of benzene rings is 1. The first-order chi connectivity index (χ1) is 15.4. The van der Waals surface area contributed by atoms with Crippen molar-refractivity contribution >= 4 is 28.5 Å². The van der Waals surface area contributed by atoms with Crippen molar-refractivity contribution in [1.82, 2.24) is 14.3 Å². The first kappa shape index (κ1) is 23.7. The number of azide groups is 1. The summed E-state index contributed by atoms with van der Waals surface area (Å²) in [6, 6.07) is 3.71. The fourth-order valence-electron chi connectivity index (χ4n) is 4.15. The first-order valence-corrected chi connectivity index (χ1v) is 10.8. The quantitative estimate of drug-likeness (QED) is 0.160. The van der Waals surface area contributed by atoms with Crippen LogP contribution in [0.25, 0.3) is 32.6 Å². The van der Waals surface area contributed by atoms with Crippen LogP contribution in [0.2, 0.25) is 5.02 Å². The highest BCUT2D eigenvalue weighted by Gasteiger charge is 2.26. The van der Waals surface area contributed by atoms with E-state index in [4.69, 9.17) is 21.9 Å². The van der Waals surface area contributed by atoms with Gasteiger partial charge in [-0.2, -0.15) is 5.10 Å². The van der Waals surface area contributed by atoms with Crippen molar-refractivity contribution in [2.75, 3.05) is 20.3 Å². The zero-order chi connectivity index (χ0) is 23.4. The van der Waals surface area contributed by atoms with Gasteiger partial charge in [-0.1, -0.05) is 16.7 Å². The number of aryl methyl sites for hydroxylation is 4. The van der Waals surface area contributed by atoms with E-state index in [2.05, 4.69) is 15.1 Å². The van der Waals surface area contributed by atoms with Gasteiger partial charge in [-0.05, 0) is 62.4 Å². The molecule has 3 rings (SSSR count). The van der Waals surface area contributed by atoms with Crippen molar-refractivity contribution in [2.45, 2.75) is 46.7 Å². The SMILES string of the molecule is COC(=O)c1c(C)c2c(-c3c(C)c(C)nn3CCCN=[N+]=[N-])c(Cl)ccc2n1CCCO. The molecule has 170 valence electrons. The fraction of sp³-hybridized carbons (Fsp3) is 0.455. The van der Waals surface area contributed by atoms with Crippen LogP contribution >= 0.6 is 11.6 Å². The molecule has 9 nitrogen and oxygen atoms in total. The molecule has 10 heteroatoms. The molecule has 0 amide bonds. The lowest BCUT2D eigenvalue weighted by molar-refractivity contribution is 0.0587. The number of rotatable bonds is 9. The Morgan fingerprint density at radius 2 is 2.00 bits per heavy atom. The standard InChI is InChI=1S/C22H27ClN6O3/c1-13-15(3)26-29(11-5-9-25-27-24)20(13)19-16(23)7-8-17-18(19)14(2)21(22(31)32-4)28(17)10-6-12-30/h7-8,30H,5-6,9-12H2,1-4H3. The van der Waals surface area contributed by atoms with Crippen LogP contribution in [0.3, 0.4) is 0 Å². The van der Waals surface area contributed by atoms with Gasteiger partial charge in [0.15, 0.2) is 0 Å². The Kier molecular flexibility index (Phi) is 7.45. The average Bonchev–Trinajstić information content (AvgIpc) is 3.22. The summed E-state index contributed by atoms with van der Waals surface area (Å²) in [5, 5.41) is 19.1. The maximum atomic E-state index is 12.7. The van der Waals surface area contributed by atoms with Crippen molar-refractivity contribution in [3.05, 3.63) is 50.1 Å². The Labute approximate surface area is 191 Å². The number of hydrogen-bond donors (Lipinski definition) is 1. The number of methoxy groups -OCH3 is 1. The average molecular weight is 459 g/mol. The van der Waals surface area contributed by atoms with Gasteiger partial charge in [-0.3, -0.25) is 4.68 Å². The number of fused-ring (bicyclic) bond motifs is 1. The van der Waals surface area contributed by atoms with Crippen molar-refractivity contribution in [3.8, 4) is 11.3 Å². The molecule has 1 N–H and O–H groups in total. The Morgan fingerprint density at radius 3 is 2.66 bits per heavy atom. The second kappa shape index (κ2) is 10.1. The molecule has 0 aliphatic carbocycles. The highest BCUT2D eigenvalue weighted by molar-refractivity contribution is 6.35. The number of aliphatic hydroxyl groups is 1. The van der Waals surface area contributed by atoms with Crippen LogP contribution in [-0.4, -0.2) is 45.7 Å². The summed E-state index contributed by atoms with van der Waals surface area (Å²) in [7, 11) is 1.36. The molecule has 3 aromatic rings. The number of esters is 1. The van der Waals surface area contributed by atoms with Crippen LogP contribution in [0.1, 0.15) is 40.2 Å². The number of nitrogens with zero attached hydrogens (tertiary/aromatic N) is 6. The van der Waals surface area contributed by atoms with Gasteiger partial charge >= 0.3 is 5.97 Å². The summed E-state index contributed by atoms with van der Waals surface area (Å²) < 4.78 is 8.83. The molecule has 0 saturated carbocycles. The van der Waals surface area contributed by atoms with E-state index in [-0.39, 0.29) is 6.61 Å². The van der Waals surface area contributed by atoms with Crippen LogP contribution in [-0.2, 0) is 17.8 Å². The van der Waals surface area contributed by atoms with Gasteiger partial charge in [0.2, 0.25) is 0 Å². The van der Waals surface area contributed by atoms with E-state index < -0.39 is 5.97 Å². The molecule has 32 heavy (non-hydrogen) atoms. The van der Waals surface area contributed by atoms with Gasteiger partial charge in [-0.25, -0.2) is 4.79 Å². The molecule has 0 aliphatic heterocycles. The first-order valence-electron chi connectivity index (χ1n) is 10.4. The van der Waals surface area contributed by atoms with E-state index in [0.717, 1.165) is 39.0 Å². The predicted octanol–water partition coefficient (Wildman–Crippen LogP) is 4.95. The van der Waals surface area contributed by atoms with Crippen LogP contribution < -0.4 is 0 Å². The predicted molar refractivity (Wildman–Crippen MR) is 124 cm³/mol. The lowest BCUT2D eigenvalue weighted by Gasteiger charge is -2.13. The van der Waals surface area contributed by atoms with Crippen LogP contribution in [0.5, 0.6) is 0 Å². The molecule has 0 atom stereocenters. The third-order valence-corrected chi connectivity index (χ3v) is 6.01. The van der Waals surface area contributed by atoms with E-state index in [9.17, 15) is 9.90 Å². The Bertz CT molecular complexity index is 1210. The number of hydrogen-bond acceptors (Lipinski definition) is 5. The molecule has 0 aliphatic rings. The van der Waals surface area contributed by atoms with Crippen LogP contribution in [0, 0.1) is 20.8 Å². The molecule has 0 fully saturated rings. The fourth-order valence-corrected chi connectivity index (χ4v) is 4.40. The Hall–Kier alpha value is -3.00. The van der Waals surface area contributed by atoms with Gasteiger partial charge in [0.1, 0.15) is 5.69 Å². The summed E-state index contributed by atoms with van der Waals surface area (Å²) >= 11 is 6.75. The third kappa shape index (κ3) is 4.19. The molecule has 0 spiro atoms. The van der Waals surface area contributed by atoms with Crippen molar-refractivity contribution in [2.24, 2.45) is 5.11 Å². The Balaban J connectivity index is 2.31. The number of aliphatic hydroxyl groups excluding tert-OH is 1. The normalized spacial score (nSPS) is 11.1. The number of ether oxygens (including phenoxy) is 1. The maximum absolute atomic E-state index is 12.7. The zero-order valence-corrected chi connectivity index (χ0v) is 19.5. The summed E-state index contributed by atoms with van der Waals surface area (Å²) in [4.78, 5) is 15.5. The minimum absolute atomic E-state index is 0.00995. The van der Waals surface area contributed by atoms with Crippen molar-refractivity contribution < 1.29 is 14.6 Å². The van der Waals surface area contributed by atoms with Gasteiger partial charge < -0.3 is 14.4 Å². The van der Waals surface area contributed by atoms with E-state index in [0.29, 0.717) is 43.2 Å². The largest absolute Gasteiger partial charge is 0.464 e. The molecular weight excluding hydrogens is 432 g/mol. The number of carbonyl (C=O) groups is 1. The Morgan fingerprint density at radius 1 is 1.25 bits per heavy atom. The van der Waals surface area contributed by atoms with Gasteiger partial charge in [0.25, 0.3) is 0 Å². The monoisotopic (exact) mass is 458 g/mol. The maximum Gasteiger partial charge on any atom is 0.354 e. The van der Waals surface area contributed by atoms with E-state index in [1.165, 1.54) is 7.11 Å². The van der Waals surface area contributed by atoms with E-state index in [1.807, 2.05) is 42.2 Å². The highest BCUT2D eigenvalue weighted by atomic mass is 35.5. The number of halogens is 1. The molecule has 0 radical (unpaired) electrons. The van der Waals surface area contributed by atoms with Gasteiger partial charge in [0.05, 0.1) is 23.5 Å². The molecule has 1 aromatic carbocycles. The second-order valence-electron chi connectivity index (χ2n) is 7.60. The number of carbonyl (C=O) groups excluding carboxylic acids is 1. The van der Waals surface area contributed by atoms with E-state index in [1.54, 1.807) is 0 Å². The summed E-state index contributed by atoms with van der Waals surface area (Å²) in [6.45, 7) is 7.23. The smallest absolute Gasteiger partial charge is 0.354 e. The third-order valence-electron chi connectivity index (χ3n) is 5.70. The molecule has 0 bridgehead atoms. The summed E-state index contributed by atoms with van der Waals surface area (Å²) in [5.74, 6) is -0.436. The minimum Gasteiger partial charge on any atom is -0.464 e. The lowest BCUT2D eigenvalue weighted by atomic mass is 9.99. The highest BCUT2D eigenvalue weighted by Crippen LogP contribution is 2.41. The molecular formula is C22H27ClN6O3. The lowest BCUT2D eigenvalue weighted by Crippen LogP contribution is -2.12. The van der Waals surface area contributed by atoms with Gasteiger partial charge in [0, 0.05) is 47.6 Å². The minimum atomic E-state index is -0.436. The number of aromatic nitrogens is 3. The topological polar surface area (TPSA) is 118 Å². The van der Waals surface area contributed by atoms with Crippen molar-refractivity contribution in [1.29, 1.82) is 0 Å². The summed E-state index contributed by atoms with van der Waals surface area (Å²) in [6.07, 6.45) is 1.13.